The van der Waals surface area contributed by atoms with Crippen molar-refractivity contribution in [2.75, 3.05) is 5.75 Å². The third-order valence-electron chi connectivity index (χ3n) is 4.67. The summed E-state index contributed by atoms with van der Waals surface area (Å²) < 4.78 is 12.3. The lowest BCUT2D eigenvalue weighted by Gasteiger charge is -2.40. The molecule has 0 radical (unpaired) electrons. The Morgan fingerprint density at radius 3 is 2.04 bits per heavy atom. The average Bonchev–Trinajstić information content (AvgIpc) is 2.43. The van der Waals surface area contributed by atoms with Crippen molar-refractivity contribution in [1.82, 2.24) is 10.6 Å². The molecule has 2 amide bonds. The number of nitrogens with one attached hydrogen (secondary N) is 2. The third-order valence-corrected chi connectivity index (χ3v) is 6.85. The van der Waals surface area contributed by atoms with Gasteiger partial charge < -0.3 is 20.3 Å². The lowest BCUT2D eigenvalue weighted by atomic mass is 9.83. The van der Waals surface area contributed by atoms with Crippen LogP contribution >= 0.6 is 0 Å². The fraction of sp³-hybridized carbons (Fsp3) is 0.889. The van der Waals surface area contributed by atoms with E-state index in [0.717, 1.165) is 32.1 Å². The number of amides is 2. The van der Waals surface area contributed by atoms with Crippen LogP contribution in [0.4, 0.5) is 4.79 Å². The normalized spacial score (nSPS) is 20.4. The van der Waals surface area contributed by atoms with E-state index in [1.165, 1.54) is 0 Å². The first-order chi connectivity index (χ1) is 11.3. The first-order valence-electron chi connectivity index (χ1n) is 8.97. The maximum atomic E-state index is 12.7. The summed E-state index contributed by atoms with van der Waals surface area (Å²) >= 11 is -1.09. The quantitative estimate of drug-likeness (QED) is 0.644. The summed E-state index contributed by atoms with van der Waals surface area (Å²) in [6, 6.07) is -1.48. The largest absolute Gasteiger partial charge is 0.616 e. The summed E-state index contributed by atoms with van der Waals surface area (Å²) in [6.45, 7) is 11.1. The molecule has 7 heteroatoms. The van der Waals surface area contributed by atoms with E-state index in [9.17, 15) is 19.2 Å². The summed E-state index contributed by atoms with van der Waals surface area (Å²) in [5.74, 6) is -0.657. The Kier molecular flexibility index (Phi) is 7.21. The Morgan fingerprint density at radius 2 is 1.64 bits per heavy atom. The maximum Gasteiger partial charge on any atom is 0.326 e. The number of carbonyl (C=O) groups is 2. The van der Waals surface area contributed by atoms with E-state index in [4.69, 9.17) is 0 Å². The smallest absolute Gasteiger partial charge is 0.326 e. The topological polar surface area (TPSA) is 101 Å². The Hall–Kier alpha value is -0.950. The highest BCUT2D eigenvalue weighted by atomic mass is 32.2. The van der Waals surface area contributed by atoms with Crippen LogP contribution in [0.5, 0.6) is 0 Å². The molecule has 1 fully saturated rings. The highest BCUT2D eigenvalue weighted by Gasteiger charge is 2.42. The molecule has 0 aromatic carbocycles. The predicted octanol–water partition coefficient (Wildman–Crippen LogP) is 3.04. The third kappa shape index (κ3) is 6.70. The number of carbonyl (C=O) groups excluding carboxylic acids is 1. The Labute approximate surface area is 154 Å². The van der Waals surface area contributed by atoms with E-state index >= 15 is 0 Å². The second kappa shape index (κ2) is 8.16. The molecule has 1 unspecified atom stereocenters. The first kappa shape index (κ1) is 22.1. The zero-order valence-electron chi connectivity index (χ0n) is 16.4. The zero-order valence-corrected chi connectivity index (χ0v) is 17.2. The molecule has 3 N–H and O–H groups in total. The van der Waals surface area contributed by atoms with Crippen molar-refractivity contribution in [2.45, 2.75) is 90.0 Å². The summed E-state index contributed by atoms with van der Waals surface area (Å²) in [7, 11) is 0. The predicted molar refractivity (Wildman–Crippen MR) is 101 cm³/mol. The van der Waals surface area contributed by atoms with E-state index < -0.39 is 40.2 Å². The minimum absolute atomic E-state index is 0.350. The standard InChI is InChI=1S/C18H34N2O4S/c1-16(2,3)13(14(21)22)19-15(23)20-18(10-8-7-9-11-18)12-25(24)17(4,5)6/h13H,7-12H2,1-6H3,(H,21,22)(H2,19,20,23)/t13-,25?/m1/s1. The van der Waals surface area contributed by atoms with Gasteiger partial charge in [0.05, 0.1) is 5.54 Å². The van der Waals surface area contributed by atoms with Crippen molar-refractivity contribution in [3.63, 3.8) is 0 Å². The van der Waals surface area contributed by atoms with Crippen LogP contribution in [0.2, 0.25) is 0 Å². The number of aliphatic carboxylic acids is 1. The maximum absolute atomic E-state index is 12.7. The molecule has 0 spiro atoms. The van der Waals surface area contributed by atoms with Crippen LogP contribution in [0.3, 0.4) is 0 Å². The van der Waals surface area contributed by atoms with Gasteiger partial charge in [0.1, 0.15) is 16.5 Å². The monoisotopic (exact) mass is 374 g/mol. The van der Waals surface area contributed by atoms with Crippen LogP contribution in [-0.4, -0.2) is 43.7 Å². The van der Waals surface area contributed by atoms with Crippen LogP contribution < -0.4 is 10.6 Å². The molecule has 1 saturated carbocycles. The fourth-order valence-electron chi connectivity index (χ4n) is 3.06. The molecular weight excluding hydrogens is 340 g/mol. The van der Waals surface area contributed by atoms with Gasteiger partial charge in [-0.15, -0.1) is 0 Å². The second-order valence-electron chi connectivity index (χ2n) is 9.18. The second-order valence-corrected chi connectivity index (χ2v) is 11.4. The number of rotatable bonds is 5. The molecule has 1 aliphatic carbocycles. The van der Waals surface area contributed by atoms with Crippen molar-refractivity contribution in [1.29, 1.82) is 0 Å². The Balaban J connectivity index is 2.87. The van der Waals surface area contributed by atoms with Crippen molar-refractivity contribution < 1.29 is 19.2 Å². The van der Waals surface area contributed by atoms with Crippen LogP contribution in [0, 0.1) is 5.41 Å². The van der Waals surface area contributed by atoms with Crippen molar-refractivity contribution >= 4 is 23.2 Å². The van der Waals surface area contributed by atoms with Gasteiger partial charge in [0, 0.05) is 0 Å². The van der Waals surface area contributed by atoms with Gasteiger partial charge in [0.15, 0.2) is 0 Å². The van der Waals surface area contributed by atoms with E-state index in [1.807, 2.05) is 20.8 Å². The molecule has 0 aliphatic heterocycles. The molecule has 1 aliphatic rings. The van der Waals surface area contributed by atoms with Crippen LogP contribution in [-0.2, 0) is 16.0 Å². The summed E-state index contributed by atoms with van der Waals surface area (Å²) in [5, 5.41) is 15.0. The van der Waals surface area contributed by atoms with Gasteiger partial charge in [-0.3, -0.25) is 0 Å². The molecule has 0 bridgehead atoms. The molecule has 0 aromatic heterocycles. The number of hydrogen-bond donors (Lipinski definition) is 3. The van der Waals surface area contributed by atoms with E-state index in [2.05, 4.69) is 10.6 Å². The van der Waals surface area contributed by atoms with Crippen molar-refractivity contribution in [3.05, 3.63) is 0 Å². The Morgan fingerprint density at radius 1 is 1.12 bits per heavy atom. The zero-order chi connectivity index (χ0) is 19.5. The average molecular weight is 375 g/mol. The minimum atomic E-state index is -1.09. The van der Waals surface area contributed by atoms with Crippen LogP contribution in [0.15, 0.2) is 0 Å². The minimum Gasteiger partial charge on any atom is -0.616 e. The van der Waals surface area contributed by atoms with Gasteiger partial charge in [-0.05, 0) is 50.2 Å². The van der Waals surface area contributed by atoms with Gasteiger partial charge >= 0.3 is 12.0 Å². The van der Waals surface area contributed by atoms with Crippen molar-refractivity contribution in [2.24, 2.45) is 5.41 Å². The molecule has 0 saturated heterocycles. The highest BCUT2D eigenvalue weighted by Crippen LogP contribution is 2.32. The summed E-state index contributed by atoms with van der Waals surface area (Å²) in [5.41, 5.74) is -1.13. The molecule has 2 atom stereocenters. The lowest BCUT2D eigenvalue weighted by Crippen LogP contribution is -2.61. The van der Waals surface area contributed by atoms with Gasteiger partial charge in [0.2, 0.25) is 0 Å². The number of carboxylic acids is 1. The number of carboxylic acid groups (broad SMARTS) is 1. The molecule has 1 rings (SSSR count). The number of hydrogen-bond acceptors (Lipinski definition) is 3. The van der Waals surface area contributed by atoms with E-state index in [0.29, 0.717) is 5.75 Å². The molecule has 0 heterocycles. The molecule has 146 valence electrons. The molecule has 6 nitrogen and oxygen atoms in total. The molecule has 25 heavy (non-hydrogen) atoms. The SMILES string of the molecule is CC(C)(C)[C@H](NC(=O)NC1(C[S+]([O-])C(C)(C)C)CCCCC1)C(=O)O. The number of urea groups is 1. The van der Waals surface area contributed by atoms with Gasteiger partial charge in [-0.1, -0.05) is 40.0 Å². The van der Waals surface area contributed by atoms with Gasteiger partial charge in [-0.25, -0.2) is 9.59 Å². The summed E-state index contributed by atoms with van der Waals surface area (Å²) in [4.78, 5) is 24.0. The van der Waals surface area contributed by atoms with E-state index in [-0.39, 0.29) is 4.75 Å². The van der Waals surface area contributed by atoms with E-state index in [1.54, 1.807) is 20.8 Å². The molecular formula is C18H34N2O4S. The lowest BCUT2D eigenvalue weighted by molar-refractivity contribution is -0.141. The fourth-order valence-corrected chi connectivity index (χ4v) is 4.35. The van der Waals surface area contributed by atoms with Crippen LogP contribution in [0.1, 0.15) is 73.6 Å². The first-order valence-corrected chi connectivity index (χ1v) is 10.3. The van der Waals surface area contributed by atoms with Crippen molar-refractivity contribution in [3.8, 4) is 0 Å². The van der Waals surface area contributed by atoms with Gasteiger partial charge in [-0.2, -0.15) is 0 Å². The highest BCUT2D eigenvalue weighted by molar-refractivity contribution is 7.92. The van der Waals surface area contributed by atoms with Gasteiger partial charge in [0.25, 0.3) is 0 Å². The Bertz CT molecular complexity index is 476. The van der Waals surface area contributed by atoms with Crippen LogP contribution in [0.25, 0.3) is 0 Å². The molecule has 0 aromatic rings. The summed E-state index contributed by atoms with van der Waals surface area (Å²) in [6.07, 6.45) is 4.60.